The Morgan fingerprint density at radius 1 is 1.07 bits per heavy atom. The quantitative estimate of drug-likeness (QED) is 0.510. The summed E-state index contributed by atoms with van der Waals surface area (Å²) in [6.45, 7) is -5.02. The lowest BCUT2D eigenvalue weighted by Gasteiger charge is -2.11. The standard InChI is InChI=1S/C10H10BF3N/c1-15(2)10-5-3-9(4-6-10)7-8-11(12,13)14/h3-6H,1-2H3/q-1. The van der Waals surface area contributed by atoms with Gasteiger partial charge in [-0.1, -0.05) is 0 Å². The fourth-order valence-corrected chi connectivity index (χ4v) is 1.01. The van der Waals surface area contributed by atoms with Crippen LogP contribution in [0.25, 0.3) is 0 Å². The second kappa shape index (κ2) is 4.30. The molecule has 1 nitrogen and oxygen atoms in total. The first-order valence-corrected chi connectivity index (χ1v) is 4.38. The second-order valence-corrected chi connectivity index (χ2v) is 3.29. The molecule has 5 heteroatoms. The fourth-order valence-electron chi connectivity index (χ4n) is 1.01. The molecule has 0 fully saturated rings. The van der Waals surface area contributed by atoms with E-state index in [1.807, 2.05) is 19.0 Å². The van der Waals surface area contributed by atoms with Crippen molar-refractivity contribution in [2.45, 2.75) is 0 Å². The summed E-state index contributed by atoms with van der Waals surface area (Å²) in [5.74, 6) is 3.37. The van der Waals surface area contributed by atoms with Gasteiger partial charge in [-0.05, 0) is 24.3 Å². The molecule has 0 spiro atoms. The molecule has 0 amide bonds. The van der Waals surface area contributed by atoms with E-state index in [4.69, 9.17) is 0 Å². The topological polar surface area (TPSA) is 3.24 Å². The Balaban J connectivity index is 2.85. The molecule has 0 aliphatic carbocycles. The maximum absolute atomic E-state index is 11.8. The Kier molecular flexibility index (Phi) is 3.30. The van der Waals surface area contributed by atoms with E-state index in [2.05, 4.69) is 5.92 Å². The average molecular weight is 212 g/mol. The molecule has 0 radical (unpaired) electrons. The summed E-state index contributed by atoms with van der Waals surface area (Å²) >= 11 is 0. The second-order valence-electron chi connectivity index (χ2n) is 3.29. The van der Waals surface area contributed by atoms with Gasteiger partial charge < -0.3 is 17.8 Å². The van der Waals surface area contributed by atoms with Gasteiger partial charge in [0.15, 0.2) is 0 Å². The summed E-state index contributed by atoms with van der Waals surface area (Å²) in [6.07, 6.45) is 0. The largest absolute Gasteiger partial charge is 0.558 e. The minimum Gasteiger partial charge on any atom is -0.438 e. The first-order chi connectivity index (χ1) is 6.88. The van der Waals surface area contributed by atoms with Gasteiger partial charge in [0.1, 0.15) is 0 Å². The lowest BCUT2D eigenvalue weighted by molar-refractivity contribution is 0.504. The van der Waals surface area contributed by atoms with Gasteiger partial charge >= 0.3 is 6.98 Å². The Morgan fingerprint density at radius 2 is 1.60 bits per heavy atom. The Bertz CT molecular complexity index is 384. The van der Waals surface area contributed by atoms with Gasteiger partial charge in [-0.3, -0.25) is 0 Å². The van der Waals surface area contributed by atoms with Crippen LogP contribution in [0.3, 0.4) is 0 Å². The maximum atomic E-state index is 11.8. The lowest BCUT2D eigenvalue weighted by Crippen LogP contribution is -2.10. The van der Waals surface area contributed by atoms with E-state index in [1.165, 1.54) is 5.82 Å². The predicted molar refractivity (Wildman–Crippen MR) is 56.7 cm³/mol. The average Bonchev–Trinajstić information content (AvgIpc) is 2.14. The van der Waals surface area contributed by atoms with Crippen LogP contribution in [-0.2, 0) is 0 Å². The molecule has 15 heavy (non-hydrogen) atoms. The summed E-state index contributed by atoms with van der Waals surface area (Å²) < 4.78 is 35.5. The third-order valence-electron chi connectivity index (χ3n) is 1.76. The highest BCUT2D eigenvalue weighted by atomic mass is 19.4. The smallest absolute Gasteiger partial charge is 0.438 e. The van der Waals surface area contributed by atoms with Crippen molar-refractivity contribution in [2.24, 2.45) is 0 Å². The summed E-state index contributed by atoms with van der Waals surface area (Å²) in [5, 5.41) is 0. The van der Waals surface area contributed by atoms with Crippen molar-refractivity contribution in [2.75, 3.05) is 19.0 Å². The van der Waals surface area contributed by atoms with E-state index in [-0.39, 0.29) is 0 Å². The number of nitrogens with zero attached hydrogens (tertiary/aromatic N) is 1. The molecular weight excluding hydrogens is 202 g/mol. The number of anilines is 1. The number of hydrogen-bond donors (Lipinski definition) is 0. The van der Waals surface area contributed by atoms with Crippen LogP contribution >= 0.6 is 0 Å². The van der Waals surface area contributed by atoms with Gasteiger partial charge in [0.25, 0.3) is 0 Å². The number of rotatable bonds is 1. The minimum absolute atomic E-state index is 0.375. The van der Waals surface area contributed by atoms with Gasteiger partial charge in [0.05, 0.1) is 0 Å². The zero-order chi connectivity index (χ0) is 11.5. The van der Waals surface area contributed by atoms with Gasteiger partial charge in [0, 0.05) is 25.3 Å². The molecule has 1 rings (SSSR count). The molecule has 0 bridgehead atoms. The Hall–Kier alpha value is -1.57. The highest BCUT2D eigenvalue weighted by Crippen LogP contribution is 2.12. The van der Waals surface area contributed by atoms with Gasteiger partial charge in [-0.2, -0.15) is 5.82 Å². The van der Waals surface area contributed by atoms with E-state index in [9.17, 15) is 12.9 Å². The zero-order valence-corrected chi connectivity index (χ0v) is 8.47. The van der Waals surface area contributed by atoms with E-state index >= 15 is 0 Å². The summed E-state index contributed by atoms with van der Waals surface area (Å²) in [7, 11) is 3.72. The Morgan fingerprint density at radius 3 is 2.00 bits per heavy atom. The van der Waals surface area contributed by atoms with Crippen molar-refractivity contribution in [1.29, 1.82) is 0 Å². The molecule has 0 saturated heterocycles. The predicted octanol–water partition coefficient (Wildman–Crippen LogP) is 2.49. The van der Waals surface area contributed by atoms with Crippen molar-refractivity contribution in [1.82, 2.24) is 0 Å². The Labute approximate surface area is 87.0 Å². The van der Waals surface area contributed by atoms with Crippen molar-refractivity contribution < 1.29 is 12.9 Å². The van der Waals surface area contributed by atoms with Crippen molar-refractivity contribution in [3.63, 3.8) is 0 Å². The molecule has 0 aromatic heterocycles. The molecule has 0 heterocycles. The molecule has 1 aromatic rings. The van der Waals surface area contributed by atoms with E-state index < -0.39 is 6.98 Å². The molecule has 0 atom stereocenters. The summed E-state index contributed by atoms with van der Waals surface area (Å²) in [6, 6.07) is 6.61. The summed E-state index contributed by atoms with van der Waals surface area (Å²) in [5.41, 5.74) is 1.30. The van der Waals surface area contributed by atoms with Crippen molar-refractivity contribution in [3.05, 3.63) is 29.8 Å². The first-order valence-electron chi connectivity index (χ1n) is 4.38. The SMILES string of the molecule is CN(C)c1ccc(C#C[B-](F)(F)F)cc1. The molecule has 1 aromatic carbocycles. The highest BCUT2D eigenvalue weighted by Gasteiger charge is 2.17. The summed E-state index contributed by atoms with van der Waals surface area (Å²) in [4.78, 5) is 1.87. The third-order valence-corrected chi connectivity index (χ3v) is 1.76. The molecule has 0 saturated carbocycles. The van der Waals surface area contributed by atoms with Gasteiger partial charge in [-0.15, -0.1) is 5.92 Å². The van der Waals surface area contributed by atoms with Crippen LogP contribution < -0.4 is 4.90 Å². The minimum atomic E-state index is -5.02. The number of hydrogen-bond acceptors (Lipinski definition) is 1. The molecule has 0 aliphatic heterocycles. The van der Waals surface area contributed by atoms with Crippen LogP contribution in [0.5, 0.6) is 0 Å². The van der Waals surface area contributed by atoms with Crippen LogP contribution in [0.1, 0.15) is 5.56 Å². The molecule has 0 aliphatic rings. The highest BCUT2D eigenvalue weighted by molar-refractivity contribution is 6.67. The van der Waals surface area contributed by atoms with Gasteiger partial charge in [-0.25, -0.2) is 0 Å². The maximum Gasteiger partial charge on any atom is 0.558 e. The fraction of sp³-hybridized carbons (Fsp3) is 0.200. The van der Waals surface area contributed by atoms with Crippen LogP contribution in [-0.4, -0.2) is 21.1 Å². The normalized spacial score (nSPS) is 10.5. The molecule has 80 valence electrons. The van der Waals surface area contributed by atoms with Crippen molar-refractivity contribution >= 4 is 12.7 Å². The molecule has 0 N–H and O–H groups in total. The van der Waals surface area contributed by atoms with E-state index in [0.29, 0.717) is 5.56 Å². The van der Waals surface area contributed by atoms with Crippen LogP contribution in [0.15, 0.2) is 24.3 Å². The third kappa shape index (κ3) is 3.98. The van der Waals surface area contributed by atoms with Crippen LogP contribution in [0, 0.1) is 11.7 Å². The first kappa shape index (κ1) is 11.5. The van der Waals surface area contributed by atoms with Gasteiger partial charge in [0.2, 0.25) is 0 Å². The van der Waals surface area contributed by atoms with Crippen molar-refractivity contribution in [3.8, 4) is 11.7 Å². The molecule has 0 unspecified atom stereocenters. The lowest BCUT2D eigenvalue weighted by atomic mass is 9.93. The zero-order valence-electron chi connectivity index (χ0n) is 8.47. The van der Waals surface area contributed by atoms with Crippen LogP contribution in [0.4, 0.5) is 18.6 Å². The monoisotopic (exact) mass is 212 g/mol. The number of halogens is 3. The van der Waals surface area contributed by atoms with E-state index in [1.54, 1.807) is 24.3 Å². The van der Waals surface area contributed by atoms with Crippen LogP contribution in [0.2, 0.25) is 0 Å². The molecular formula is C10H10BF3N-. The van der Waals surface area contributed by atoms with E-state index in [0.717, 1.165) is 5.69 Å². The number of benzene rings is 1.